The van der Waals surface area contributed by atoms with Gasteiger partial charge < -0.3 is 5.73 Å². The number of nitrogen functional groups attached to an aromatic ring is 1. The number of anilines is 1. The Kier molecular flexibility index (Phi) is 3.72. The van der Waals surface area contributed by atoms with Crippen LogP contribution in [0, 0.1) is 22.5 Å². The normalized spacial score (nSPS) is 11.6. The van der Waals surface area contributed by atoms with Crippen LogP contribution in [0.25, 0.3) is 5.69 Å². The van der Waals surface area contributed by atoms with E-state index in [9.17, 15) is 10.1 Å². The number of hydrogen-bond donors (Lipinski definition) is 1. The Labute approximate surface area is 123 Å². The van der Waals surface area contributed by atoms with Gasteiger partial charge in [0.1, 0.15) is 5.69 Å². The highest BCUT2D eigenvalue weighted by Gasteiger charge is 2.29. The standard InChI is InChI=1S/C15H20N4O2/c1-10-5-7-11(8-6-10)18-14(16)13(19(20)21)12(17-18)9-15(2,3)4/h5-8H,9,16H2,1-4H3. The molecule has 0 saturated heterocycles. The molecule has 0 unspecified atom stereocenters. The maximum Gasteiger partial charge on any atom is 0.334 e. The zero-order chi connectivity index (χ0) is 15.8. The summed E-state index contributed by atoms with van der Waals surface area (Å²) < 4.78 is 1.44. The summed E-state index contributed by atoms with van der Waals surface area (Å²) in [5.41, 5.74) is 8.00. The molecule has 2 aromatic rings. The van der Waals surface area contributed by atoms with E-state index in [1.54, 1.807) is 0 Å². The monoisotopic (exact) mass is 288 g/mol. The van der Waals surface area contributed by atoms with Crippen molar-refractivity contribution in [1.82, 2.24) is 9.78 Å². The Balaban J connectivity index is 2.56. The van der Waals surface area contributed by atoms with E-state index in [1.807, 2.05) is 52.0 Å². The molecular formula is C15H20N4O2. The van der Waals surface area contributed by atoms with E-state index in [-0.39, 0.29) is 16.9 Å². The van der Waals surface area contributed by atoms with Crippen LogP contribution in [0.1, 0.15) is 32.0 Å². The third kappa shape index (κ3) is 3.21. The van der Waals surface area contributed by atoms with Gasteiger partial charge in [0.05, 0.1) is 10.6 Å². The van der Waals surface area contributed by atoms with Gasteiger partial charge in [-0.1, -0.05) is 38.5 Å². The second-order valence-corrected chi connectivity index (χ2v) is 6.42. The Morgan fingerprint density at radius 3 is 2.33 bits per heavy atom. The molecular weight excluding hydrogens is 268 g/mol. The van der Waals surface area contributed by atoms with E-state index in [2.05, 4.69) is 5.10 Å². The SMILES string of the molecule is Cc1ccc(-n2nc(CC(C)(C)C)c([N+](=O)[O-])c2N)cc1. The molecule has 0 amide bonds. The lowest BCUT2D eigenvalue weighted by molar-refractivity contribution is -0.384. The summed E-state index contributed by atoms with van der Waals surface area (Å²) in [5.74, 6) is 0.0723. The summed E-state index contributed by atoms with van der Waals surface area (Å²) in [7, 11) is 0. The fourth-order valence-electron chi connectivity index (χ4n) is 2.17. The number of hydrogen-bond acceptors (Lipinski definition) is 4. The second-order valence-electron chi connectivity index (χ2n) is 6.42. The lowest BCUT2D eigenvalue weighted by Crippen LogP contribution is -2.11. The van der Waals surface area contributed by atoms with Gasteiger partial charge >= 0.3 is 5.69 Å². The smallest absolute Gasteiger partial charge is 0.334 e. The van der Waals surface area contributed by atoms with Gasteiger partial charge in [-0.2, -0.15) is 5.10 Å². The summed E-state index contributed by atoms with van der Waals surface area (Å²) in [6, 6.07) is 7.55. The number of nitrogens with two attached hydrogens (primary N) is 1. The fraction of sp³-hybridized carbons (Fsp3) is 0.400. The highest BCUT2D eigenvalue weighted by atomic mass is 16.6. The summed E-state index contributed by atoms with van der Waals surface area (Å²) in [5, 5.41) is 15.7. The molecule has 1 aromatic carbocycles. The van der Waals surface area contributed by atoms with Crippen molar-refractivity contribution in [1.29, 1.82) is 0 Å². The van der Waals surface area contributed by atoms with Crippen LogP contribution in [-0.4, -0.2) is 14.7 Å². The van der Waals surface area contributed by atoms with Crippen LogP contribution in [0.2, 0.25) is 0 Å². The maximum atomic E-state index is 11.3. The van der Waals surface area contributed by atoms with Crippen LogP contribution in [0.5, 0.6) is 0 Å². The Morgan fingerprint density at radius 1 is 1.29 bits per heavy atom. The Morgan fingerprint density at radius 2 is 1.86 bits per heavy atom. The van der Waals surface area contributed by atoms with Crippen molar-refractivity contribution in [2.75, 3.05) is 5.73 Å². The van der Waals surface area contributed by atoms with E-state index in [0.717, 1.165) is 11.3 Å². The number of rotatable bonds is 3. The first kappa shape index (κ1) is 15.0. The van der Waals surface area contributed by atoms with Gasteiger partial charge in [-0.25, -0.2) is 4.68 Å². The minimum atomic E-state index is -0.450. The summed E-state index contributed by atoms with van der Waals surface area (Å²) >= 11 is 0. The van der Waals surface area contributed by atoms with Gasteiger partial charge in [-0.3, -0.25) is 10.1 Å². The van der Waals surface area contributed by atoms with E-state index < -0.39 is 4.92 Å². The summed E-state index contributed by atoms with van der Waals surface area (Å²) in [4.78, 5) is 10.8. The molecule has 0 fully saturated rings. The van der Waals surface area contributed by atoms with Gasteiger partial charge in [-0.15, -0.1) is 0 Å². The first-order chi connectivity index (χ1) is 9.69. The molecule has 0 aliphatic rings. The molecule has 0 aliphatic heterocycles. The molecule has 2 N–H and O–H groups in total. The van der Waals surface area contributed by atoms with E-state index in [0.29, 0.717) is 12.1 Å². The van der Waals surface area contributed by atoms with Gasteiger partial charge in [0.25, 0.3) is 0 Å². The average molecular weight is 288 g/mol. The maximum absolute atomic E-state index is 11.3. The van der Waals surface area contributed by atoms with Crippen LogP contribution < -0.4 is 5.73 Å². The van der Waals surface area contributed by atoms with Gasteiger partial charge in [0.15, 0.2) is 0 Å². The number of nitro groups is 1. The average Bonchev–Trinajstić information content (AvgIpc) is 2.65. The molecule has 0 saturated carbocycles. The number of nitrogens with zero attached hydrogens (tertiary/aromatic N) is 3. The van der Waals surface area contributed by atoms with Crippen LogP contribution >= 0.6 is 0 Å². The van der Waals surface area contributed by atoms with Crippen LogP contribution in [0.4, 0.5) is 11.5 Å². The molecule has 0 bridgehead atoms. The van der Waals surface area contributed by atoms with Crippen LogP contribution in [0.3, 0.4) is 0 Å². The fourth-order valence-corrected chi connectivity index (χ4v) is 2.17. The molecule has 2 rings (SSSR count). The topological polar surface area (TPSA) is 87.0 Å². The molecule has 1 aromatic heterocycles. The summed E-state index contributed by atoms with van der Waals surface area (Å²) in [6.07, 6.45) is 0.492. The number of aromatic nitrogens is 2. The number of benzene rings is 1. The van der Waals surface area contributed by atoms with E-state index in [4.69, 9.17) is 5.73 Å². The van der Waals surface area contributed by atoms with Crippen LogP contribution in [0.15, 0.2) is 24.3 Å². The third-order valence-corrected chi connectivity index (χ3v) is 3.12. The molecule has 0 radical (unpaired) electrons. The van der Waals surface area contributed by atoms with Gasteiger partial charge in [0, 0.05) is 6.42 Å². The highest BCUT2D eigenvalue weighted by molar-refractivity contribution is 5.60. The first-order valence-electron chi connectivity index (χ1n) is 6.78. The molecule has 0 atom stereocenters. The van der Waals surface area contributed by atoms with Gasteiger partial charge in [0.2, 0.25) is 5.82 Å². The van der Waals surface area contributed by atoms with E-state index in [1.165, 1.54) is 4.68 Å². The molecule has 112 valence electrons. The Bertz CT molecular complexity index is 666. The second kappa shape index (κ2) is 5.20. The van der Waals surface area contributed by atoms with Crippen molar-refractivity contribution in [3.05, 3.63) is 45.6 Å². The van der Waals surface area contributed by atoms with Crippen LogP contribution in [-0.2, 0) is 6.42 Å². The van der Waals surface area contributed by atoms with Crippen molar-refractivity contribution >= 4 is 11.5 Å². The lowest BCUT2D eigenvalue weighted by atomic mass is 9.90. The largest absolute Gasteiger partial charge is 0.378 e. The number of aryl methyl sites for hydroxylation is 1. The molecule has 0 aliphatic carbocycles. The minimum absolute atomic E-state index is 0.0723. The zero-order valence-corrected chi connectivity index (χ0v) is 12.8. The predicted octanol–water partition coefficient (Wildman–Crippen LogP) is 3.26. The first-order valence-corrected chi connectivity index (χ1v) is 6.78. The summed E-state index contributed by atoms with van der Waals surface area (Å²) in [6.45, 7) is 8.01. The van der Waals surface area contributed by atoms with Crippen molar-refractivity contribution < 1.29 is 4.92 Å². The van der Waals surface area contributed by atoms with Crippen molar-refractivity contribution in [3.63, 3.8) is 0 Å². The highest BCUT2D eigenvalue weighted by Crippen LogP contribution is 2.32. The molecule has 21 heavy (non-hydrogen) atoms. The minimum Gasteiger partial charge on any atom is -0.378 e. The van der Waals surface area contributed by atoms with Crippen molar-refractivity contribution in [2.24, 2.45) is 5.41 Å². The van der Waals surface area contributed by atoms with Crippen molar-refractivity contribution in [3.8, 4) is 5.69 Å². The quantitative estimate of drug-likeness (QED) is 0.693. The Hall–Kier alpha value is -2.37. The third-order valence-electron chi connectivity index (χ3n) is 3.12. The van der Waals surface area contributed by atoms with E-state index >= 15 is 0 Å². The molecule has 6 heteroatoms. The van der Waals surface area contributed by atoms with Gasteiger partial charge in [-0.05, 0) is 24.5 Å². The lowest BCUT2D eigenvalue weighted by Gasteiger charge is -2.15. The van der Waals surface area contributed by atoms with Crippen molar-refractivity contribution in [2.45, 2.75) is 34.1 Å². The molecule has 0 spiro atoms. The molecule has 6 nitrogen and oxygen atoms in total. The zero-order valence-electron chi connectivity index (χ0n) is 12.8. The molecule has 1 heterocycles. The predicted molar refractivity (Wildman–Crippen MR) is 82.5 cm³/mol.